The van der Waals surface area contributed by atoms with Gasteiger partial charge in [0.15, 0.2) is 0 Å². The molecule has 0 bridgehead atoms. The van der Waals surface area contributed by atoms with Crippen LogP contribution in [0.5, 0.6) is 11.5 Å². The molecule has 0 amide bonds. The van der Waals surface area contributed by atoms with E-state index in [1.54, 1.807) is 0 Å². The first-order valence-electron chi connectivity index (χ1n) is 19.8. The minimum Gasteiger partial charge on any atom is -0.455 e. The molecule has 2 heterocycles. The first-order chi connectivity index (χ1) is 28.2. The van der Waals surface area contributed by atoms with Crippen molar-refractivity contribution in [2.24, 2.45) is 0 Å². The fourth-order valence-corrected chi connectivity index (χ4v) is 11.2. The van der Waals surface area contributed by atoms with Gasteiger partial charge in [0.1, 0.15) is 11.5 Å². The second-order valence-electron chi connectivity index (χ2n) is 15.6. The Kier molecular flexibility index (Phi) is 7.21. The maximum Gasteiger partial charge on any atom is 0.140 e. The third-order valence-corrected chi connectivity index (χ3v) is 13.6. The molecule has 268 valence electrons. The van der Waals surface area contributed by atoms with Gasteiger partial charge in [0.05, 0.1) is 0 Å². The second-order valence-corrected chi connectivity index (χ2v) is 16.7. The molecule has 0 fully saturated rings. The molecule has 0 spiro atoms. The van der Waals surface area contributed by atoms with Crippen LogP contribution in [0, 0.1) is 0 Å². The quantitative estimate of drug-likeness (QED) is 0.159. The van der Waals surface area contributed by atoms with E-state index in [9.17, 15) is 0 Å². The first-order valence-corrected chi connectivity index (χ1v) is 20.7. The summed E-state index contributed by atoms with van der Waals surface area (Å²) in [5.41, 5.74) is 7.13. The van der Waals surface area contributed by atoms with Crippen molar-refractivity contribution < 1.29 is 4.74 Å². The zero-order valence-electron chi connectivity index (χ0n) is 31.2. The average Bonchev–Trinajstić information content (AvgIpc) is 3.65. The van der Waals surface area contributed by atoms with Crippen molar-refractivity contribution in [1.82, 2.24) is 0 Å². The fraction of sp³-hybridized carbons (Fsp3) is 0.0545. The number of benzene rings is 10. The third-order valence-electron chi connectivity index (χ3n) is 12.5. The van der Waals surface area contributed by atoms with Crippen LogP contribution in [0.2, 0.25) is 0 Å². The molecule has 1 aliphatic heterocycles. The van der Waals surface area contributed by atoms with Gasteiger partial charge >= 0.3 is 0 Å². The zero-order chi connectivity index (χ0) is 37.5. The van der Waals surface area contributed by atoms with E-state index in [0.717, 1.165) is 35.1 Å². The predicted molar refractivity (Wildman–Crippen MR) is 242 cm³/mol. The predicted octanol–water partition coefficient (Wildman–Crippen LogP) is 15.2. The zero-order valence-corrected chi connectivity index (χ0v) is 32.0. The van der Waals surface area contributed by atoms with Crippen LogP contribution in [0.25, 0.3) is 74.4 Å². The molecule has 0 saturated heterocycles. The lowest BCUT2D eigenvalue weighted by Crippen LogP contribution is -2.37. The van der Waals surface area contributed by atoms with E-state index in [1.807, 2.05) is 11.3 Å². The minimum atomic E-state index is -0.491. The van der Waals surface area contributed by atoms with Crippen LogP contribution < -0.4 is 4.74 Å². The van der Waals surface area contributed by atoms with Gasteiger partial charge in [0, 0.05) is 47.5 Å². The van der Waals surface area contributed by atoms with Crippen molar-refractivity contribution in [3.63, 3.8) is 0 Å². The van der Waals surface area contributed by atoms with Gasteiger partial charge in [0.25, 0.3) is 0 Å². The van der Waals surface area contributed by atoms with Crippen molar-refractivity contribution in [3.05, 3.63) is 216 Å². The Morgan fingerprint density at radius 2 is 0.754 bits per heavy atom. The highest BCUT2D eigenvalue weighted by atomic mass is 32.1. The molecular weight excluding hydrogens is 709 g/mol. The highest BCUT2D eigenvalue weighted by molar-refractivity contribution is 7.25. The van der Waals surface area contributed by atoms with E-state index in [4.69, 9.17) is 4.74 Å². The van der Waals surface area contributed by atoms with Gasteiger partial charge in [-0.1, -0.05) is 182 Å². The molecule has 12 rings (SSSR count). The highest BCUT2D eigenvalue weighted by Gasteiger charge is 2.46. The summed E-state index contributed by atoms with van der Waals surface area (Å²) >= 11 is 1.88. The first kappa shape index (κ1) is 32.5. The lowest BCUT2D eigenvalue weighted by Gasteiger charge is -2.43. The summed E-state index contributed by atoms with van der Waals surface area (Å²) in [5.74, 6) is 1.95. The summed E-state index contributed by atoms with van der Waals surface area (Å²) in [4.78, 5) is 0. The standard InChI is InChI=1S/C55H36OS/c1-2-14-35(15-3-1)33-55(34-36-26-28-37(29-27-36)38-30-31-44-43-20-12-13-25-49(43)57-50(44)32-38)51-45-21-8-4-16-39(45)41-18-6-10-23-47(41)53(51)56-54-48-24-11-7-19-42(48)40-17-5-9-22-46(40)52(54)55/h1-32H,33-34H2. The maximum atomic E-state index is 7.49. The van der Waals surface area contributed by atoms with Crippen LogP contribution in [0.3, 0.4) is 0 Å². The summed E-state index contributed by atoms with van der Waals surface area (Å²) in [6, 6.07) is 71.8. The Balaban J connectivity index is 1.14. The molecule has 0 atom stereocenters. The monoisotopic (exact) mass is 744 g/mol. The molecule has 1 aliphatic rings. The smallest absolute Gasteiger partial charge is 0.140 e. The molecule has 11 aromatic rings. The maximum absolute atomic E-state index is 7.49. The molecule has 0 saturated carbocycles. The van der Waals surface area contributed by atoms with E-state index in [2.05, 4.69) is 194 Å². The number of hydrogen-bond donors (Lipinski definition) is 0. The van der Waals surface area contributed by atoms with E-state index in [1.165, 1.54) is 85.9 Å². The largest absolute Gasteiger partial charge is 0.455 e. The van der Waals surface area contributed by atoms with E-state index >= 15 is 0 Å². The van der Waals surface area contributed by atoms with Crippen molar-refractivity contribution in [2.75, 3.05) is 0 Å². The molecule has 1 aromatic heterocycles. The lowest BCUT2D eigenvalue weighted by atomic mass is 9.62. The van der Waals surface area contributed by atoms with Crippen LogP contribution in [0.15, 0.2) is 194 Å². The Morgan fingerprint density at radius 3 is 1.33 bits per heavy atom. The van der Waals surface area contributed by atoms with Crippen LogP contribution in [-0.4, -0.2) is 0 Å². The van der Waals surface area contributed by atoms with Crippen molar-refractivity contribution in [1.29, 1.82) is 0 Å². The molecule has 0 N–H and O–H groups in total. The Bertz CT molecular complexity index is 3250. The summed E-state index contributed by atoms with van der Waals surface area (Å²) in [5, 5.41) is 12.4. The number of hydrogen-bond acceptors (Lipinski definition) is 2. The number of ether oxygens (including phenoxy) is 1. The topological polar surface area (TPSA) is 9.23 Å². The van der Waals surface area contributed by atoms with Gasteiger partial charge in [-0.05, 0) is 79.5 Å². The SMILES string of the molecule is c1ccc(CC2(Cc3ccc(-c4ccc5c(c4)sc4ccccc45)cc3)c3c(c4ccccc4c4ccccc34)Oc3c2c2ccccc2c2ccccc32)cc1. The van der Waals surface area contributed by atoms with E-state index in [0.29, 0.717) is 0 Å². The normalized spacial score (nSPS) is 13.3. The number of thiophene rings is 1. The van der Waals surface area contributed by atoms with Gasteiger partial charge < -0.3 is 4.74 Å². The van der Waals surface area contributed by atoms with Gasteiger partial charge in [-0.2, -0.15) is 0 Å². The third kappa shape index (κ3) is 4.94. The Labute approximate surface area is 335 Å². The molecule has 57 heavy (non-hydrogen) atoms. The summed E-state index contributed by atoms with van der Waals surface area (Å²) < 4.78 is 10.1. The van der Waals surface area contributed by atoms with E-state index in [-0.39, 0.29) is 0 Å². The van der Waals surface area contributed by atoms with Gasteiger partial charge in [-0.25, -0.2) is 0 Å². The highest BCUT2D eigenvalue weighted by Crippen LogP contribution is 2.60. The minimum absolute atomic E-state index is 0.491. The Hall–Kier alpha value is -6.74. The van der Waals surface area contributed by atoms with Gasteiger partial charge in [0.2, 0.25) is 0 Å². The average molecular weight is 745 g/mol. The fourth-order valence-electron chi connectivity index (χ4n) is 10.0. The van der Waals surface area contributed by atoms with Crippen LogP contribution >= 0.6 is 11.3 Å². The van der Waals surface area contributed by atoms with E-state index < -0.39 is 5.41 Å². The van der Waals surface area contributed by atoms with Crippen LogP contribution in [0.1, 0.15) is 22.3 Å². The molecule has 0 aliphatic carbocycles. The molecule has 0 radical (unpaired) electrons. The molecule has 0 unspecified atom stereocenters. The number of rotatable bonds is 5. The Morgan fingerprint density at radius 1 is 0.333 bits per heavy atom. The number of fused-ring (bicyclic) bond motifs is 15. The van der Waals surface area contributed by atoms with Gasteiger partial charge in [-0.3, -0.25) is 0 Å². The lowest BCUT2D eigenvalue weighted by molar-refractivity contribution is 0.399. The van der Waals surface area contributed by atoms with Crippen molar-refractivity contribution in [2.45, 2.75) is 18.3 Å². The van der Waals surface area contributed by atoms with Crippen LogP contribution in [0.4, 0.5) is 0 Å². The molecule has 2 heteroatoms. The summed E-state index contributed by atoms with van der Waals surface area (Å²) in [7, 11) is 0. The van der Waals surface area contributed by atoms with Gasteiger partial charge in [-0.15, -0.1) is 11.3 Å². The van der Waals surface area contributed by atoms with Crippen LogP contribution in [-0.2, 0) is 18.3 Å². The van der Waals surface area contributed by atoms with Crippen molar-refractivity contribution >= 4 is 74.6 Å². The molecule has 1 nitrogen and oxygen atoms in total. The summed E-state index contributed by atoms with van der Waals surface area (Å²) in [6.45, 7) is 0. The second kappa shape index (κ2) is 12.6. The molecule has 10 aromatic carbocycles. The van der Waals surface area contributed by atoms with Crippen molar-refractivity contribution in [3.8, 4) is 22.6 Å². The molecular formula is C55H36OS. The summed E-state index contributed by atoms with van der Waals surface area (Å²) in [6.07, 6.45) is 1.61.